The number of hydrogen-bond acceptors (Lipinski definition) is 5. The third-order valence-corrected chi connectivity index (χ3v) is 3.90. The van der Waals surface area contributed by atoms with Gasteiger partial charge in [0.1, 0.15) is 6.04 Å². The molecule has 0 amide bonds. The Morgan fingerprint density at radius 1 is 1.40 bits per heavy atom. The number of carbonyl (C=O) groups is 2. The van der Waals surface area contributed by atoms with Crippen LogP contribution in [0.1, 0.15) is 24.2 Å². The maximum Gasteiger partial charge on any atom is 0.338 e. The number of carboxylic acids is 1. The Hall–Kier alpha value is -1.93. The summed E-state index contributed by atoms with van der Waals surface area (Å²) in [4.78, 5) is 22.0. The number of esters is 1. The monoisotopic (exact) mass is 301 g/mol. The lowest BCUT2D eigenvalue weighted by atomic mass is 10.2. The molecule has 0 saturated heterocycles. The fourth-order valence-electron chi connectivity index (χ4n) is 1.36. The second kappa shape index (κ2) is 6.49. The molecular weight excluding hydrogens is 286 g/mol. The molecule has 0 unspecified atom stereocenters. The molecule has 0 fully saturated rings. The van der Waals surface area contributed by atoms with E-state index in [1.165, 1.54) is 25.1 Å². The lowest BCUT2D eigenvalue weighted by Crippen LogP contribution is -2.38. The number of sulfonamides is 1. The molecule has 0 aliphatic carbocycles. The molecule has 0 saturated carbocycles. The van der Waals surface area contributed by atoms with Gasteiger partial charge in [-0.2, -0.15) is 4.72 Å². The fourth-order valence-corrected chi connectivity index (χ4v) is 2.60. The number of hydrogen-bond donors (Lipinski definition) is 2. The van der Waals surface area contributed by atoms with Crippen LogP contribution < -0.4 is 4.72 Å². The van der Waals surface area contributed by atoms with E-state index >= 15 is 0 Å². The van der Waals surface area contributed by atoms with Crippen LogP contribution in [0.15, 0.2) is 29.2 Å². The zero-order valence-electron chi connectivity index (χ0n) is 11.0. The van der Waals surface area contributed by atoms with Crippen molar-refractivity contribution in [2.75, 3.05) is 6.61 Å². The highest BCUT2D eigenvalue weighted by atomic mass is 32.2. The van der Waals surface area contributed by atoms with E-state index < -0.39 is 28.0 Å². The lowest BCUT2D eigenvalue weighted by molar-refractivity contribution is -0.138. The second-order valence-electron chi connectivity index (χ2n) is 3.93. The van der Waals surface area contributed by atoms with Crippen molar-refractivity contribution >= 4 is 22.0 Å². The van der Waals surface area contributed by atoms with Crippen LogP contribution in [0.25, 0.3) is 0 Å². The fraction of sp³-hybridized carbons (Fsp3) is 0.333. The van der Waals surface area contributed by atoms with Gasteiger partial charge in [0, 0.05) is 0 Å². The minimum atomic E-state index is -4.01. The van der Waals surface area contributed by atoms with Gasteiger partial charge in [-0.15, -0.1) is 0 Å². The Kier molecular flexibility index (Phi) is 5.23. The molecule has 0 bridgehead atoms. The summed E-state index contributed by atoms with van der Waals surface area (Å²) >= 11 is 0. The molecule has 1 atom stereocenters. The van der Waals surface area contributed by atoms with Gasteiger partial charge in [-0.25, -0.2) is 13.2 Å². The van der Waals surface area contributed by atoms with E-state index in [0.29, 0.717) is 0 Å². The number of carboxylic acid groups (broad SMARTS) is 1. The van der Waals surface area contributed by atoms with E-state index in [0.717, 1.165) is 6.07 Å². The summed E-state index contributed by atoms with van der Waals surface area (Å²) in [6.07, 6.45) is 0. The molecule has 2 N–H and O–H groups in total. The molecule has 110 valence electrons. The van der Waals surface area contributed by atoms with Crippen molar-refractivity contribution in [2.45, 2.75) is 24.8 Å². The summed E-state index contributed by atoms with van der Waals surface area (Å²) in [5.74, 6) is -1.94. The third kappa shape index (κ3) is 4.04. The highest BCUT2D eigenvalue weighted by Crippen LogP contribution is 2.13. The Balaban J connectivity index is 3.04. The first-order chi connectivity index (χ1) is 9.27. The van der Waals surface area contributed by atoms with Gasteiger partial charge in [-0.3, -0.25) is 4.79 Å². The van der Waals surface area contributed by atoms with Crippen LogP contribution in [0.2, 0.25) is 0 Å². The van der Waals surface area contributed by atoms with Crippen LogP contribution in [-0.2, 0) is 19.6 Å². The minimum absolute atomic E-state index is 0.0812. The SMILES string of the molecule is CCOC(=O)c1cccc(S(=O)(=O)N[C@@H](C)C(=O)O)c1. The van der Waals surface area contributed by atoms with Gasteiger partial charge in [-0.05, 0) is 32.0 Å². The second-order valence-corrected chi connectivity index (χ2v) is 5.64. The lowest BCUT2D eigenvalue weighted by Gasteiger charge is -2.11. The molecule has 0 aliphatic heterocycles. The van der Waals surface area contributed by atoms with Gasteiger partial charge in [0.05, 0.1) is 17.1 Å². The van der Waals surface area contributed by atoms with E-state index in [9.17, 15) is 18.0 Å². The average Bonchev–Trinajstić information content (AvgIpc) is 2.38. The predicted octanol–water partition coefficient (Wildman–Crippen LogP) is 0.615. The smallest absolute Gasteiger partial charge is 0.338 e. The molecular formula is C12H15NO6S. The van der Waals surface area contributed by atoms with Crippen LogP contribution in [-0.4, -0.2) is 38.1 Å². The normalized spacial score (nSPS) is 12.7. The van der Waals surface area contributed by atoms with Gasteiger partial charge in [0.2, 0.25) is 10.0 Å². The summed E-state index contributed by atoms with van der Waals surface area (Å²) in [6, 6.07) is 3.92. The summed E-state index contributed by atoms with van der Waals surface area (Å²) in [7, 11) is -4.01. The van der Waals surface area contributed by atoms with E-state index in [2.05, 4.69) is 0 Å². The molecule has 20 heavy (non-hydrogen) atoms. The number of carbonyl (C=O) groups excluding carboxylic acids is 1. The zero-order valence-corrected chi connectivity index (χ0v) is 11.8. The largest absolute Gasteiger partial charge is 0.480 e. The molecule has 1 aromatic carbocycles. The molecule has 0 aliphatic rings. The summed E-state index contributed by atoms with van der Waals surface area (Å²) in [5.41, 5.74) is 0.0812. The van der Waals surface area contributed by atoms with Gasteiger partial charge < -0.3 is 9.84 Å². The van der Waals surface area contributed by atoms with Crippen LogP contribution in [0.5, 0.6) is 0 Å². The van der Waals surface area contributed by atoms with E-state index in [1.54, 1.807) is 6.92 Å². The predicted molar refractivity (Wildman–Crippen MR) is 69.8 cm³/mol. The first kappa shape index (κ1) is 16.1. The van der Waals surface area contributed by atoms with Crippen LogP contribution in [0.3, 0.4) is 0 Å². The summed E-state index contributed by atoms with van der Waals surface area (Å²) in [6.45, 7) is 3.01. The van der Waals surface area contributed by atoms with Gasteiger partial charge in [0.25, 0.3) is 0 Å². The van der Waals surface area contributed by atoms with E-state index in [1.807, 2.05) is 4.72 Å². The number of ether oxygens (including phenoxy) is 1. The number of rotatable bonds is 6. The van der Waals surface area contributed by atoms with Crippen molar-refractivity contribution in [2.24, 2.45) is 0 Å². The van der Waals surface area contributed by atoms with Crippen molar-refractivity contribution < 1.29 is 27.9 Å². The highest BCUT2D eigenvalue weighted by molar-refractivity contribution is 7.89. The summed E-state index contributed by atoms with van der Waals surface area (Å²) in [5, 5.41) is 8.70. The van der Waals surface area contributed by atoms with Crippen molar-refractivity contribution in [1.29, 1.82) is 0 Å². The van der Waals surface area contributed by atoms with Crippen molar-refractivity contribution in [1.82, 2.24) is 4.72 Å². The molecule has 0 radical (unpaired) electrons. The first-order valence-electron chi connectivity index (χ1n) is 5.80. The zero-order chi connectivity index (χ0) is 15.3. The van der Waals surface area contributed by atoms with Crippen molar-refractivity contribution in [3.63, 3.8) is 0 Å². The van der Waals surface area contributed by atoms with Crippen molar-refractivity contribution in [3.05, 3.63) is 29.8 Å². The standard InChI is InChI=1S/C12H15NO6S/c1-3-19-12(16)9-5-4-6-10(7-9)20(17,18)13-8(2)11(14)15/h4-8,13H,3H2,1-2H3,(H,14,15)/t8-/m0/s1. The topological polar surface area (TPSA) is 110 Å². The number of benzene rings is 1. The van der Waals surface area contributed by atoms with Crippen LogP contribution >= 0.6 is 0 Å². The average molecular weight is 301 g/mol. The molecule has 8 heteroatoms. The Morgan fingerprint density at radius 3 is 2.60 bits per heavy atom. The van der Waals surface area contributed by atoms with Crippen molar-refractivity contribution in [3.8, 4) is 0 Å². The Labute approximate surface area is 116 Å². The maximum absolute atomic E-state index is 12.0. The van der Waals surface area contributed by atoms with Crippen LogP contribution in [0.4, 0.5) is 0 Å². The highest BCUT2D eigenvalue weighted by Gasteiger charge is 2.22. The van der Waals surface area contributed by atoms with E-state index in [4.69, 9.17) is 9.84 Å². The molecule has 7 nitrogen and oxygen atoms in total. The quantitative estimate of drug-likeness (QED) is 0.745. The van der Waals surface area contributed by atoms with Gasteiger partial charge in [-0.1, -0.05) is 6.07 Å². The Bertz CT molecular complexity index is 610. The third-order valence-electron chi connectivity index (χ3n) is 2.36. The van der Waals surface area contributed by atoms with Gasteiger partial charge >= 0.3 is 11.9 Å². The number of aliphatic carboxylic acids is 1. The van der Waals surface area contributed by atoms with Gasteiger partial charge in [0.15, 0.2) is 0 Å². The Morgan fingerprint density at radius 2 is 2.05 bits per heavy atom. The molecule has 1 aromatic rings. The van der Waals surface area contributed by atoms with E-state index in [-0.39, 0.29) is 17.1 Å². The molecule has 0 aromatic heterocycles. The summed E-state index contributed by atoms with van der Waals surface area (Å²) < 4.78 is 30.7. The number of nitrogens with one attached hydrogen (secondary N) is 1. The minimum Gasteiger partial charge on any atom is -0.480 e. The molecule has 0 spiro atoms. The molecule has 0 heterocycles. The molecule has 1 rings (SSSR count). The van der Waals surface area contributed by atoms with Crippen LogP contribution in [0, 0.1) is 0 Å². The maximum atomic E-state index is 12.0. The first-order valence-corrected chi connectivity index (χ1v) is 7.28.